The van der Waals surface area contributed by atoms with Crippen molar-refractivity contribution >= 4 is 16.8 Å². The van der Waals surface area contributed by atoms with E-state index in [9.17, 15) is 4.79 Å². The summed E-state index contributed by atoms with van der Waals surface area (Å²) >= 11 is 0. The average Bonchev–Trinajstić information content (AvgIpc) is 2.77. The van der Waals surface area contributed by atoms with Crippen molar-refractivity contribution in [2.45, 2.75) is 20.1 Å². The second-order valence-corrected chi connectivity index (χ2v) is 6.91. The van der Waals surface area contributed by atoms with Gasteiger partial charge in [-0.15, -0.1) is 0 Å². The fourth-order valence-electron chi connectivity index (χ4n) is 3.22. The van der Waals surface area contributed by atoms with Crippen molar-refractivity contribution in [3.8, 4) is 5.88 Å². The molecule has 144 valence electrons. The van der Waals surface area contributed by atoms with Crippen LogP contribution in [0.15, 0.2) is 84.9 Å². The van der Waals surface area contributed by atoms with Gasteiger partial charge in [-0.05, 0) is 29.7 Å². The van der Waals surface area contributed by atoms with Gasteiger partial charge in [-0.2, -0.15) is 0 Å². The average molecular weight is 382 g/mol. The lowest BCUT2D eigenvalue weighted by atomic mass is 10.1. The van der Waals surface area contributed by atoms with E-state index in [0.717, 1.165) is 27.6 Å². The van der Waals surface area contributed by atoms with Gasteiger partial charge < -0.3 is 10.1 Å². The maximum absolute atomic E-state index is 13.0. The van der Waals surface area contributed by atoms with E-state index in [1.54, 1.807) is 6.07 Å². The zero-order valence-corrected chi connectivity index (χ0v) is 16.3. The smallest absolute Gasteiger partial charge is 0.252 e. The zero-order chi connectivity index (χ0) is 20.1. The van der Waals surface area contributed by atoms with Crippen molar-refractivity contribution in [1.82, 2.24) is 10.3 Å². The SMILES string of the molecule is Cc1ccccc1CNC(=O)c1cc(OCc2ccccc2)nc2ccccc12. The van der Waals surface area contributed by atoms with Gasteiger partial charge >= 0.3 is 0 Å². The van der Waals surface area contributed by atoms with E-state index in [0.29, 0.717) is 24.6 Å². The van der Waals surface area contributed by atoms with Gasteiger partial charge in [-0.1, -0.05) is 72.8 Å². The number of hydrogen-bond acceptors (Lipinski definition) is 3. The van der Waals surface area contributed by atoms with E-state index in [1.807, 2.05) is 85.8 Å². The normalized spacial score (nSPS) is 10.7. The fraction of sp³-hybridized carbons (Fsp3) is 0.120. The second-order valence-electron chi connectivity index (χ2n) is 6.91. The number of hydrogen-bond donors (Lipinski definition) is 1. The quantitative estimate of drug-likeness (QED) is 0.508. The Morgan fingerprint density at radius 2 is 1.66 bits per heavy atom. The molecule has 1 amide bonds. The van der Waals surface area contributed by atoms with E-state index < -0.39 is 0 Å². The molecule has 0 unspecified atom stereocenters. The van der Waals surface area contributed by atoms with Crippen molar-refractivity contribution in [3.05, 3.63) is 107 Å². The summed E-state index contributed by atoms with van der Waals surface area (Å²) in [4.78, 5) is 17.5. The monoisotopic (exact) mass is 382 g/mol. The molecule has 4 nitrogen and oxygen atoms in total. The first-order chi connectivity index (χ1) is 14.2. The van der Waals surface area contributed by atoms with E-state index in [4.69, 9.17) is 4.74 Å². The highest BCUT2D eigenvalue weighted by Crippen LogP contribution is 2.23. The van der Waals surface area contributed by atoms with Crippen LogP contribution in [0.3, 0.4) is 0 Å². The molecule has 0 atom stereocenters. The van der Waals surface area contributed by atoms with Crippen LogP contribution in [0, 0.1) is 6.92 Å². The number of fused-ring (bicyclic) bond motifs is 1. The first-order valence-corrected chi connectivity index (χ1v) is 9.60. The predicted molar refractivity (Wildman–Crippen MR) is 115 cm³/mol. The van der Waals surface area contributed by atoms with Crippen LogP contribution in [0.1, 0.15) is 27.0 Å². The largest absolute Gasteiger partial charge is 0.473 e. The minimum atomic E-state index is -0.142. The van der Waals surface area contributed by atoms with Crippen molar-refractivity contribution in [2.24, 2.45) is 0 Å². The van der Waals surface area contributed by atoms with Crippen molar-refractivity contribution < 1.29 is 9.53 Å². The molecule has 3 aromatic carbocycles. The van der Waals surface area contributed by atoms with Crippen LogP contribution in [0.4, 0.5) is 0 Å². The molecule has 4 aromatic rings. The van der Waals surface area contributed by atoms with Gasteiger partial charge in [0.2, 0.25) is 5.88 Å². The Hall–Kier alpha value is -3.66. The Labute approximate surface area is 170 Å². The lowest BCUT2D eigenvalue weighted by molar-refractivity contribution is 0.0952. The summed E-state index contributed by atoms with van der Waals surface area (Å²) in [6.07, 6.45) is 0. The first-order valence-electron chi connectivity index (χ1n) is 9.60. The van der Waals surface area contributed by atoms with Crippen molar-refractivity contribution in [1.29, 1.82) is 0 Å². The summed E-state index contributed by atoms with van der Waals surface area (Å²) in [5.41, 5.74) is 4.60. The minimum absolute atomic E-state index is 0.142. The van der Waals surface area contributed by atoms with Crippen LogP contribution >= 0.6 is 0 Å². The molecule has 29 heavy (non-hydrogen) atoms. The van der Waals surface area contributed by atoms with Gasteiger partial charge in [-0.3, -0.25) is 4.79 Å². The topological polar surface area (TPSA) is 51.2 Å². The van der Waals surface area contributed by atoms with Gasteiger partial charge in [0.15, 0.2) is 0 Å². The third-order valence-corrected chi connectivity index (χ3v) is 4.87. The molecular formula is C25H22N2O2. The summed E-state index contributed by atoms with van der Waals surface area (Å²) in [5.74, 6) is 0.296. The number of carbonyl (C=O) groups excluding carboxylic acids is 1. The molecule has 1 N–H and O–H groups in total. The lowest BCUT2D eigenvalue weighted by Crippen LogP contribution is -2.23. The van der Waals surface area contributed by atoms with Crippen molar-refractivity contribution in [3.63, 3.8) is 0 Å². The Balaban J connectivity index is 1.58. The molecule has 0 saturated carbocycles. The Kier molecular flexibility index (Phi) is 5.52. The molecule has 0 aliphatic heterocycles. The molecule has 1 aromatic heterocycles. The van der Waals surface area contributed by atoms with Gasteiger partial charge in [-0.25, -0.2) is 4.98 Å². The Bertz CT molecular complexity index is 1140. The third kappa shape index (κ3) is 4.43. The first kappa shape index (κ1) is 18.7. The molecule has 0 spiro atoms. The molecule has 4 heteroatoms. The molecule has 0 radical (unpaired) electrons. The lowest BCUT2D eigenvalue weighted by Gasteiger charge is -2.12. The van der Waals surface area contributed by atoms with Crippen LogP contribution in [0.5, 0.6) is 5.88 Å². The van der Waals surface area contributed by atoms with E-state index >= 15 is 0 Å². The molecule has 1 heterocycles. The van der Waals surface area contributed by atoms with Crippen molar-refractivity contribution in [2.75, 3.05) is 0 Å². The summed E-state index contributed by atoms with van der Waals surface area (Å²) in [6, 6.07) is 27.3. The summed E-state index contributed by atoms with van der Waals surface area (Å²) in [6.45, 7) is 2.91. The molecular weight excluding hydrogens is 360 g/mol. The molecule has 0 saturated heterocycles. The number of pyridine rings is 1. The van der Waals surface area contributed by atoms with E-state index in [1.165, 1.54) is 0 Å². The van der Waals surface area contributed by atoms with E-state index in [2.05, 4.69) is 10.3 Å². The van der Waals surface area contributed by atoms with Crippen LogP contribution < -0.4 is 10.1 Å². The predicted octanol–water partition coefficient (Wildman–Crippen LogP) is 5.05. The second kappa shape index (κ2) is 8.57. The zero-order valence-electron chi connectivity index (χ0n) is 16.3. The number of rotatable bonds is 6. The highest BCUT2D eigenvalue weighted by atomic mass is 16.5. The van der Waals surface area contributed by atoms with Gasteiger partial charge in [0.25, 0.3) is 5.91 Å². The highest BCUT2D eigenvalue weighted by molar-refractivity contribution is 6.06. The Morgan fingerprint density at radius 1 is 0.931 bits per heavy atom. The maximum atomic E-state index is 13.0. The Morgan fingerprint density at radius 3 is 2.48 bits per heavy atom. The van der Waals surface area contributed by atoms with Crippen LogP contribution in [0.2, 0.25) is 0 Å². The summed E-state index contributed by atoms with van der Waals surface area (Å²) in [5, 5.41) is 3.83. The minimum Gasteiger partial charge on any atom is -0.473 e. The van der Waals surface area contributed by atoms with E-state index in [-0.39, 0.29) is 5.91 Å². The number of benzene rings is 3. The summed E-state index contributed by atoms with van der Waals surface area (Å²) < 4.78 is 5.88. The molecule has 0 aliphatic rings. The van der Waals surface area contributed by atoms with Gasteiger partial charge in [0.1, 0.15) is 6.61 Å². The van der Waals surface area contributed by atoms with Crippen LogP contribution in [-0.4, -0.2) is 10.9 Å². The van der Waals surface area contributed by atoms with Crippen LogP contribution in [0.25, 0.3) is 10.9 Å². The number of carbonyl (C=O) groups is 1. The molecule has 0 aliphatic carbocycles. The third-order valence-electron chi connectivity index (χ3n) is 4.87. The number of para-hydroxylation sites is 1. The number of amides is 1. The molecule has 0 fully saturated rings. The highest BCUT2D eigenvalue weighted by Gasteiger charge is 2.14. The summed E-state index contributed by atoms with van der Waals surface area (Å²) in [7, 11) is 0. The molecule has 4 rings (SSSR count). The van der Waals surface area contributed by atoms with Crippen LogP contribution in [-0.2, 0) is 13.2 Å². The number of nitrogens with one attached hydrogen (secondary N) is 1. The number of ether oxygens (including phenoxy) is 1. The van der Waals surface area contributed by atoms with Gasteiger partial charge in [0.05, 0.1) is 11.1 Å². The number of aromatic nitrogens is 1. The molecule has 0 bridgehead atoms. The number of nitrogens with zero attached hydrogens (tertiary/aromatic N) is 1. The fourth-order valence-corrected chi connectivity index (χ4v) is 3.22. The number of aryl methyl sites for hydroxylation is 1. The standard InChI is InChI=1S/C25H22N2O2/c1-18-9-5-6-12-20(18)16-26-25(28)22-15-24(27-23-14-8-7-13-21(22)23)29-17-19-10-3-2-4-11-19/h2-15H,16-17H2,1H3,(H,26,28). The van der Waals surface area contributed by atoms with Gasteiger partial charge in [0, 0.05) is 18.0 Å². The maximum Gasteiger partial charge on any atom is 0.252 e.